The third-order valence-corrected chi connectivity index (χ3v) is 12.7. The van der Waals surface area contributed by atoms with Crippen LogP contribution in [0, 0.1) is 13.8 Å². The van der Waals surface area contributed by atoms with Crippen molar-refractivity contribution in [1.82, 2.24) is 0 Å². The summed E-state index contributed by atoms with van der Waals surface area (Å²) < 4.78 is 0. The van der Waals surface area contributed by atoms with E-state index in [2.05, 4.69) is 242 Å². The summed E-state index contributed by atoms with van der Waals surface area (Å²) in [6.45, 7) is 4.32. The smallest absolute Gasteiger partial charge is 0.0652 e. The number of hydrogen-bond donors (Lipinski definition) is 0. The second kappa shape index (κ2) is 23.4. The number of hydrazone groups is 2. The van der Waals surface area contributed by atoms with E-state index < -0.39 is 0 Å². The topological polar surface area (TPSA) is 37.7 Å². The zero-order chi connectivity index (χ0) is 50.3. The summed E-state index contributed by atoms with van der Waals surface area (Å²) in [7, 11) is 0. The molecule has 10 aromatic carbocycles. The van der Waals surface area contributed by atoms with Gasteiger partial charge < -0.3 is 9.80 Å². The second-order valence-corrected chi connectivity index (χ2v) is 17.8. The highest BCUT2D eigenvalue weighted by Gasteiger charge is 2.17. The fourth-order valence-electron chi connectivity index (χ4n) is 8.79. The average Bonchev–Trinajstić information content (AvgIpc) is 3.46. The molecule has 6 nitrogen and oxygen atoms in total. The molecule has 6 heteroatoms. The summed E-state index contributed by atoms with van der Waals surface area (Å²) in [6, 6.07) is 92.5. The van der Waals surface area contributed by atoms with Gasteiger partial charge in [0, 0.05) is 34.1 Å². The van der Waals surface area contributed by atoms with E-state index in [-0.39, 0.29) is 0 Å². The van der Waals surface area contributed by atoms with Gasteiger partial charge in [-0.05, 0) is 156 Å². The summed E-state index contributed by atoms with van der Waals surface area (Å²) in [5.74, 6) is 0. The molecule has 0 aliphatic rings. The Morgan fingerprint density at radius 1 is 0.257 bits per heavy atom. The number of nitrogens with zero attached hydrogens (tertiary/aromatic N) is 6. The van der Waals surface area contributed by atoms with Crippen LogP contribution in [0.15, 0.2) is 289 Å². The lowest BCUT2D eigenvalue weighted by Crippen LogP contribution is -2.11. The number of allylic oxidation sites excluding steroid dienone is 2. The normalized spacial score (nSPS) is 11.4. The largest absolute Gasteiger partial charge is 0.310 e. The zero-order valence-corrected chi connectivity index (χ0v) is 41.6. The van der Waals surface area contributed by atoms with Gasteiger partial charge in [0.05, 0.1) is 35.2 Å². The summed E-state index contributed by atoms with van der Waals surface area (Å²) in [5.41, 5.74) is 17.1. The Morgan fingerprint density at radius 3 is 0.797 bits per heavy atom. The van der Waals surface area contributed by atoms with Crippen molar-refractivity contribution in [2.75, 3.05) is 19.8 Å². The van der Waals surface area contributed by atoms with Crippen molar-refractivity contribution in [3.8, 4) is 0 Å². The first kappa shape index (κ1) is 47.9. The van der Waals surface area contributed by atoms with Crippen LogP contribution in [0.4, 0.5) is 56.9 Å². The van der Waals surface area contributed by atoms with Crippen LogP contribution in [0.3, 0.4) is 0 Å². The zero-order valence-electron chi connectivity index (χ0n) is 41.6. The van der Waals surface area contributed by atoms with Gasteiger partial charge in [-0.25, -0.2) is 10.0 Å². The molecule has 10 rings (SSSR count). The molecule has 0 bridgehead atoms. The first-order chi connectivity index (χ1) is 36.5. The molecule has 0 saturated carbocycles. The van der Waals surface area contributed by atoms with Crippen LogP contribution in [0.5, 0.6) is 0 Å². The Kier molecular flexibility index (Phi) is 15.2. The molecule has 0 spiro atoms. The highest BCUT2D eigenvalue weighted by molar-refractivity contribution is 5.86. The first-order valence-corrected chi connectivity index (χ1v) is 24.9. The Labute approximate surface area is 435 Å². The standard InChI is InChI=1S/C68H56N6/c1-53-21-15-19-33-67(53)71(61-47-39-57(40-48-61)51-69-73(63-25-7-3-8-26-63)64-27-9-4-10-28-64)59-43-35-55(36-44-59)23-17-18-24-56-37-45-60(46-38-56)72(68-34-20-16-22-54(68)2)62-49-41-58(42-50-62)52-70-74(65-29-11-5-12-30-65)66-31-13-6-14-32-66/h3-52H,1-2H3/b23-17+,24-18+,69-51+,70-52+. The summed E-state index contributed by atoms with van der Waals surface area (Å²) in [6.07, 6.45) is 12.3. The minimum Gasteiger partial charge on any atom is -0.310 e. The Hall–Kier alpha value is -9.78. The van der Waals surface area contributed by atoms with Crippen molar-refractivity contribution in [2.24, 2.45) is 10.2 Å². The van der Waals surface area contributed by atoms with Crippen molar-refractivity contribution in [1.29, 1.82) is 0 Å². The van der Waals surface area contributed by atoms with Gasteiger partial charge in [-0.3, -0.25) is 0 Å². The molecular weight excluding hydrogens is 901 g/mol. The maximum absolute atomic E-state index is 4.93. The van der Waals surface area contributed by atoms with Crippen LogP contribution in [-0.4, -0.2) is 12.4 Å². The predicted molar refractivity (Wildman–Crippen MR) is 315 cm³/mol. The van der Waals surface area contributed by atoms with Gasteiger partial charge in [0.25, 0.3) is 0 Å². The van der Waals surface area contributed by atoms with Crippen molar-refractivity contribution < 1.29 is 0 Å². The second-order valence-electron chi connectivity index (χ2n) is 17.8. The van der Waals surface area contributed by atoms with Gasteiger partial charge in [0.1, 0.15) is 0 Å². The third kappa shape index (κ3) is 11.7. The maximum atomic E-state index is 4.93. The van der Waals surface area contributed by atoms with Crippen LogP contribution < -0.4 is 19.8 Å². The molecule has 0 saturated heterocycles. The van der Waals surface area contributed by atoms with Gasteiger partial charge >= 0.3 is 0 Å². The van der Waals surface area contributed by atoms with Gasteiger partial charge in [-0.15, -0.1) is 0 Å². The quantitative estimate of drug-likeness (QED) is 0.0518. The molecule has 0 amide bonds. The molecule has 0 aliphatic carbocycles. The van der Waals surface area contributed by atoms with Crippen LogP contribution in [0.2, 0.25) is 0 Å². The molecule has 0 heterocycles. The molecule has 0 radical (unpaired) electrons. The van der Waals surface area contributed by atoms with Crippen LogP contribution in [0.25, 0.3) is 12.2 Å². The molecule has 0 aromatic heterocycles. The highest BCUT2D eigenvalue weighted by Crippen LogP contribution is 2.38. The summed E-state index contributed by atoms with van der Waals surface area (Å²) >= 11 is 0. The van der Waals surface area contributed by atoms with E-state index in [1.165, 1.54) is 11.1 Å². The molecular formula is C68H56N6. The molecule has 0 atom stereocenters. The van der Waals surface area contributed by atoms with E-state index in [1.54, 1.807) is 0 Å². The Bertz CT molecular complexity index is 3170. The number of anilines is 10. The van der Waals surface area contributed by atoms with Gasteiger partial charge in [-0.2, -0.15) is 10.2 Å². The van der Waals surface area contributed by atoms with E-state index in [0.717, 1.165) is 79.1 Å². The van der Waals surface area contributed by atoms with Crippen molar-refractivity contribution >= 4 is 81.5 Å². The number of para-hydroxylation sites is 6. The number of hydrogen-bond acceptors (Lipinski definition) is 6. The van der Waals surface area contributed by atoms with E-state index in [9.17, 15) is 0 Å². The lowest BCUT2D eigenvalue weighted by atomic mass is 10.1. The summed E-state index contributed by atoms with van der Waals surface area (Å²) in [5, 5.41) is 13.8. The lowest BCUT2D eigenvalue weighted by molar-refractivity contribution is 1.09. The Balaban J connectivity index is 0.828. The fraction of sp³-hybridized carbons (Fsp3) is 0.0294. The molecule has 0 unspecified atom stereocenters. The third-order valence-electron chi connectivity index (χ3n) is 12.7. The fourth-order valence-corrected chi connectivity index (χ4v) is 8.79. The van der Waals surface area contributed by atoms with E-state index in [4.69, 9.17) is 10.2 Å². The number of rotatable bonds is 17. The molecule has 0 N–H and O–H groups in total. The Morgan fingerprint density at radius 2 is 0.514 bits per heavy atom. The SMILES string of the molecule is Cc1ccccc1N(c1ccc(/C=C/C=C/c2ccc(N(c3ccc(/C=N/N(c4ccccc4)c4ccccc4)cc3)c3ccccc3C)cc2)cc1)c1ccc(/C=N/N(c2ccccc2)c2ccccc2)cc1. The molecule has 10 aromatic rings. The molecule has 358 valence electrons. The van der Waals surface area contributed by atoms with Gasteiger partial charge in [0.15, 0.2) is 0 Å². The van der Waals surface area contributed by atoms with Crippen LogP contribution in [-0.2, 0) is 0 Å². The van der Waals surface area contributed by atoms with Crippen molar-refractivity contribution in [2.45, 2.75) is 13.8 Å². The van der Waals surface area contributed by atoms with E-state index >= 15 is 0 Å². The van der Waals surface area contributed by atoms with Crippen molar-refractivity contribution in [3.63, 3.8) is 0 Å². The van der Waals surface area contributed by atoms with Crippen LogP contribution >= 0.6 is 0 Å². The monoisotopic (exact) mass is 956 g/mol. The number of benzene rings is 10. The highest BCUT2D eigenvalue weighted by atomic mass is 15.5. The maximum Gasteiger partial charge on any atom is 0.0652 e. The van der Waals surface area contributed by atoms with E-state index in [0.29, 0.717) is 0 Å². The summed E-state index contributed by atoms with van der Waals surface area (Å²) in [4.78, 5) is 4.62. The van der Waals surface area contributed by atoms with E-state index in [1.807, 2.05) is 95.2 Å². The van der Waals surface area contributed by atoms with Gasteiger partial charge in [0.2, 0.25) is 0 Å². The van der Waals surface area contributed by atoms with Crippen molar-refractivity contribution in [3.05, 3.63) is 312 Å². The minimum atomic E-state index is 0.997. The molecule has 0 fully saturated rings. The number of aryl methyl sites for hydroxylation is 2. The minimum absolute atomic E-state index is 0.997. The van der Waals surface area contributed by atoms with Crippen LogP contribution in [0.1, 0.15) is 33.4 Å². The first-order valence-electron chi connectivity index (χ1n) is 24.9. The lowest BCUT2D eigenvalue weighted by Gasteiger charge is -2.27. The van der Waals surface area contributed by atoms with Gasteiger partial charge in [-0.1, -0.05) is 182 Å². The predicted octanol–water partition coefficient (Wildman–Crippen LogP) is 18.3. The molecule has 0 aliphatic heterocycles. The molecule has 74 heavy (non-hydrogen) atoms. The average molecular weight is 957 g/mol.